The van der Waals surface area contributed by atoms with Gasteiger partial charge in [-0.05, 0) is 6.07 Å². The number of thiophene rings is 1. The molecule has 0 radical (unpaired) electrons. The molecule has 0 aliphatic heterocycles. The number of hydrogen-bond acceptors (Lipinski definition) is 4. The van der Waals surface area contributed by atoms with E-state index in [2.05, 4.69) is 10.2 Å². The van der Waals surface area contributed by atoms with E-state index in [0.717, 1.165) is 21.2 Å². The minimum Gasteiger partial charge on any atom is -0.297 e. The molecule has 4 heteroatoms. The van der Waals surface area contributed by atoms with Gasteiger partial charge in [-0.1, -0.05) is 0 Å². The van der Waals surface area contributed by atoms with Crippen molar-refractivity contribution in [3.63, 3.8) is 0 Å². The molecule has 0 N–H and O–H groups in total. The molecular formula is C7H4N2OS. The number of aldehydes is 1. The molecule has 2 aromatic rings. The Morgan fingerprint density at radius 3 is 2.91 bits per heavy atom. The van der Waals surface area contributed by atoms with Crippen molar-refractivity contribution in [3.05, 3.63) is 23.3 Å². The largest absolute Gasteiger partial charge is 0.297 e. The molecule has 0 fully saturated rings. The minimum absolute atomic E-state index is 0.717. The lowest BCUT2D eigenvalue weighted by molar-refractivity contribution is 0.112. The summed E-state index contributed by atoms with van der Waals surface area (Å²) in [6, 6.07) is 1.81. The molecule has 3 nitrogen and oxygen atoms in total. The van der Waals surface area contributed by atoms with E-state index in [4.69, 9.17) is 0 Å². The lowest BCUT2D eigenvalue weighted by atomic mass is 10.3. The van der Waals surface area contributed by atoms with Gasteiger partial charge in [-0.25, -0.2) is 0 Å². The van der Waals surface area contributed by atoms with Crippen molar-refractivity contribution in [1.82, 2.24) is 10.2 Å². The first-order valence-corrected chi connectivity index (χ1v) is 3.87. The van der Waals surface area contributed by atoms with Gasteiger partial charge < -0.3 is 0 Å². The molecule has 54 valence electrons. The second-order valence-corrected chi connectivity index (χ2v) is 3.19. The zero-order chi connectivity index (χ0) is 7.68. The van der Waals surface area contributed by atoms with Gasteiger partial charge in [0.2, 0.25) is 0 Å². The number of nitrogens with zero attached hydrogens (tertiary/aromatic N) is 2. The van der Waals surface area contributed by atoms with Gasteiger partial charge in [-0.2, -0.15) is 10.2 Å². The maximum absolute atomic E-state index is 10.3. The second-order valence-electron chi connectivity index (χ2n) is 2.08. The van der Waals surface area contributed by atoms with Crippen molar-refractivity contribution >= 4 is 27.7 Å². The van der Waals surface area contributed by atoms with Crippen molar-refractivity contribution in [2.75, 3.05) is 0 Å². The first-order chi connectivity index (χ1) is 5.40. The molecule has 0 saturated heterocycles. The van der Waals surface area contributed by atoms with Crippen molar-refractivity contribution in [2.24, 2.45) is 0 Å². The molecule has 0 saturated carbocycles. The van der Waals surface area contributed by atoms with Crippen LogP contribution in [0.25, 0.3) is 10.1 Å². The van der Waals surface area contributed by atoms with Gasteiger partial charge in [0.15, 0.2) is 6.29 Å². The molecule has 0 aliphatic carbocycles. The fraction of sp³-hybridized carbons (Fsp3) is 0. The first-order valence-electron chi connectivity index (χ1n) is 3.05. The molecule has 2 heterocycles. The zero-order valence-corrected chi connectivity index (χ0v) is 6.34. The molecule has 0 aromatic carbocycles. The van der Waals surface area contributed by atoms with Crippen LogP contribution in [0, 0.1) is 0 Å². The summed E-state index contributed by atoms with van der Waals surface area (Å²) in [6.45, 7) is 0. The van der Waals surface area contributed by atoms with Gasteiger partial charge >= 0.3 is 0 Å². The fourth-order valence-corrected chi connectivity index (χ4v) is 1.70. The van der Waals surface area contributed by atoms with E-state index in [1.165, 1.54) is 11.3 Å². The van der Waals surface area contributed by atoms with Crippen molar-refractivity contribution in [3.8, 4) is 0 Å². The summed E-state index contributed by atoms with van der Waals surface area (Å²) in [5, 5.41) is 8.39. The third kappa shape index (κ3) is 1.01. The van der Waals surface area contributed by atoms with E-state index in [1.807, 2.05) is 6.07 Å². The smallest absolute Gasteiger partial charge is 0.160 e. The Kier molecular flexibility index (Phi) is 1.40. The summed E-state index contributed by atoms with van der Waals surface area (Å²) in [5.41, 5.74) is 0. The van der Waals surface area contributed by atoms with Crippen LogP contribution in [0.15, 0.2) is 18.5 Å². The van der Waals surface area contributed by atoms with Gasteiger partial charge in [-0.15, -0.1) is 11.3 Å². The fourth-order valence-electron chi connectivity index (χ4n) is 0.881. The second kappa shape index (κ2) is 2.39. The average Bonchev–Trinajstić information content (AvgIpc) is 2.46. The molecule has 0 aliphatic rings. The van der Waals surface area contributed by atoms with Crippen LogP contribution in [-0.4, -0.2) is 16.5 Å². The molecule has 0 unspecified atom stereocenters. The van der Waals surface area contributed by atoms with E-state index < -0.39 is 0 Å². The maximum Gasteiger partial charge on any atom is 0.160 e. The molecule has 0 spiro atoms. The van der Waals surface area contributed by atoms with Crippen LogP contribution < -0.4 is 0 Å². The lowest BCUT2D eigenvalue weighted by Gasteiger charge is -1.80. The lowest BCUT2D eigenvalue weighted by Crippen LogP contribution is -1.73. The molecular weight excluding hydrogens is 160 g/mol. The Bertz CT molecular complexity index is 363. The summed E-state index contributed by atoms with van der Waals surface area (Å²) in [5.74, 6) is 0. The average molecular weight is 164 g/mol. The Hall–Kier alpha value is -1.29. The highest BCUT2D eigenvalue weighted by molar-refractivity contribution is 7.20. The predicted octanol–water partition coefficient (Wildman–Crippen LogP) is 1.50. The molecule has 2 rings (SSSR count). The van der Waals surface area contributed by atoms with Gasteiger partial charge in [0, 0.05) is 5.39 Å². The van der Waals surface area contributed by atoms with Crippen LogP contribution in [0.2, 0.25) is 0 Å². The molecule has 0 amide bonds. The van der Waals surface area contributed by atoms with E-state index in [9.17, 15) is 4.79 Å². The van der Waals surface area contributed by atoms with Crippen molar-refractivity contribution in [2.45, 2.75) is 0 Å². The minimum atomic E-state index is 0.717. The molecule has 0 bridgehead atoms. The monoisotopic (exact) mass is 164 g/mol. The van der Waals surface area contributed by atoms with Gasteiger partial charge in [-0.3, -0.25) is 4.79 Å². The normalized spacial score (nSPS) is 10.2. The highest BCUT2D eigenvalue weighted by atomic mass is 32.1. The van der Waals surface area contributed by atoms with Crippen LogP contribution in [0.1, 0.15) is 9.67 Å². The number of aromatic nitrogens is 2. The van der Waals surface area contributed by atoms with Crippen molar-refractivity contribution in [1.29, 1.82) is 0 Å². The quantitative estimate of drug-likeness (QED) is 0.600. The van der Waals surface area contributed by atoms with Gasteiger partial charge in [0.05, 0.1) is 22.0 Å². The predicted molar refractivity (Wildman–Crippen MR) is 42.8 cm³/mol. The van der Waals surface area contributed by atoms with E-state index >= 15 is 0 Å². The number of rotatable bonds is 1. The Morgan fingerprint density at radius 2 is 2.18 bits per heavy atom. The third-order valence-electron chi connectivity index (χ3n) is 1.36. The van der Waals surface area contributed by atoms with E-state index in [-0.39, 0.29) is 0 Å². The maximum atomic E-state index is 10.3. The topological polar surface area (TPSA) is 42.9 Å². The molecule has 2 aromatic heterocycles. The Labute approximate surface area is 66.7 Å². The summed E-state index contributed by atoms with van der Waals surface area (Å²) in [7, 11) is 0. The number of hydrogen-bond donors (Lipinski definition) is 0. The van der Waals surface area contributed by atoms with Crippen LogP contribution in [0.3, 0.4) is 0 Å². The first kappa shape index (κ1) is 6.42. The highest BCUT2D eigenvalue weighted by Crippen LogP contribution is 2.21. The summed E-state index contributed by atoms with van der Waals surface area (Å²) >= 11 is 1.43. The number of carbonyl (C=O) groups is 1. The standard InChI is InChI=1S/C7H4N2OS/c10-4-6-1-5-2-8-9-3-7(5)11-6/h1-4H. The summed E-state index contributed by atoms with van der Waals surface area (Å²) < 4.78 is 1.00. The van der Waals surface area contributed by atoms with Crippen LogP contribution in [0.5, 0.6) is 0 Å². The van der Waals surface area contributed by atoms with Crippen LogP contribution in [-0.2, 0) is 0 Å². The Morgan fingerprint density at radius 1 is 1.36 bits per heavy atom. The summed E-state index contributed by atoms with van der Waals surface area (Å²) in [6.07, 6.45) is 4.15. The van der Waals surface area contributed by atoms with Crippen LogP contribution >= 0.6 is 11.3 Å². The SMILES string of the molecule is O=Cc1cc2cnncc2s1. The van der Waals surface area contributed by atoms with Gasteiger partial charge in [0.25, 0.3) is 0 Å². The van der Waals surface area contributed by atoms with Crippen LogP contribution in [0.4, 0.5) is 0 Å². The Balaban J connectivity index is 2.78. The molecule has 11 heavy (non-hydrogen) atoms. The number of fused-ring (bicyclic) bond motifs is 1. The zero-order valence-electron chi connectivity index (χ0n) is 5.52. The van der Waals surface area contributed by atoms with Gasteiger partial charge in [0.1, 0.15) is 0 Å². The molecule has 0 atom stereocenters. The van der Waals surface area contributed by atoms with Crippen molar-refractivity contribution < 1.29 is 4.79 Å². The third-order valence-corrected chi connectivity index (χ3v) is 2.38. The van der Waals surface area contributed by atoms with E-state index in [0.29, 0.717) is 0 Å². The number of carbonyl (C=O) groups excluding carboxylic acids is 1. The van der Waals surface area contributed by atoms with E-state index in [1.54, 1.807) is 12.4 Å². The highest BCUT2D eigenvalue weighted by Gasteiger charge is 1.98. The summed E-state index contributed by atoms with van der Waals surface area (Å²) in [4.78, 5) is 11.1.